The van der Waals surface area contributed by atoms with Gasteiger partial charge in [-0.3, -0.25) is 0 Å². The van der Waals surface area contributed by atoms with E-state index in [2.05, 4.69) is 0 Å². The zero-order valence-corrected chi connectivity index (χ0v) is 1.93. The third kappa shape index (κ3) is 0.262. The molecule has 4 heavy (non-hydrogen) atoms. The Hall–Kier alpha value is -0.691. The summed E-state index contributed by atoms with van der Waals surface area (Å²) in [6, 6.07) is 0. The predicted molar refractivity (Wildman–Crippen MR) is 6.73 cm³/mol. The summed E-state index contributed by atoms with van der Waals surface area (Å²) in [6.45, 7) is 0. The summed E-state index contributed by atoms with van der Waals surface area (Å²) in [5.41, 5.74) is 0. The molecule has 0 spiro atoms. The second-order valence-corrected chi connectivity index (χ2v) is 0.0680. The monoisotopic (exact) mass is 52.0 g/mol. The Labute approximate surface area is 22.5 Å². The van der Waals surface area contributed by atoms with E-state index < -0.39 is 0 Å². The molecule has 0 radical (unpaired) electrons. The first-order valence-corrected chi connectivity index (χ1v) is 0.333. The maximum Gasteiger partial charge on any atom is 0.154 e. The molecule has 20 valence electrons. The van der Waals surface area contributed by atoms with Crippen LogP contribution in [-0.4, -0.2) is 0 Å². The Bertz CT molecular complexity index is 10.8. The van der Waals surface area contributed by atoms with E-state index in [1.807, 2.05) is 0 Å². The van der Waals surface area contributed by atoms with Crippen molar-refractivity contribution in [1.29, 1.82) is 0 Å². The maximum atomic E-state index is 7.88. The molecule has 0 aliphatic rings. The molecule has 0 amide bonds. The molecule has 0 aromatic heterocycles. The summed E-state index contributed by atoms with van der Waals surface area (Å²) in [5, 5.41) is 7.88. The molecular formula is HeO3. The largest absolute Gasteiger partial charge is 0.154 e. The molecule has 0 saturated heterocycles. The van der Waals surface area contributed by atoms with E-state index in [1.54, 1.807) is 4.75 Å². The van der Waals surface area contributed by atoms with E-state index in [9.17, 15) is 0 Å². The Morgan fingerprint density at radius 2 is 1.75 bits per heavy atom. The van der Waals surface area contributed by atoms with Crippen molar-refractivity contribution in [2.45, 2.75) is 0 Å². The van der Waals surface area contributed by atoms with Crippen molar-refractivity contribution in [2.75, 3.05) is 0 Å². The molecular weight excluding hydrogens is 52.0 g/mol. The second kappa shape index (κ2) is 41.4. The number of hydrogen-bond acceptors (Lipinski definition) is 2. The zero-order valence-electron chi connectivity index (χ0n) is 1.93. The van der Waals surface area contributed by atoms with Crippen molar-refractivity contribution in [1.82, 2.24) is 0 Å². The SMILES string of the molecule is O=[O+][O-].[He]. The summed E-state index contributed by atoms with van der Waals surface area (Å²) in [7, 11) is 0. The fourth-order valence-electron chi connectivity index (χ4n) is 0. The number of hydrogen-bond donors (Lipinski definition) is 0. The topological polar surface area (TPSA) is 51.4 Å². The minimum absolute atomic E-state index is 0. The van der Waals surface area contributed by atoms with Crippen LogP contribution in [-0.2, 0) is 0 Å². The molecule has 0 aromatic rings. The van der Waals surface area contributed by atoms with Crippen molar-refractivity contribution < 1.29 is 11.4 Å². The Morgan fingerprint density at radius 1 is 1.75 bits per heavy atom. The van der Waals surface area contributed by atoms with Crippen LogP contribution in [0, 0.1) is 15.9 Å². The second-order valence-electron chi connectivity index (χ2n) is 0.0680. The molecule has 0 rings (SSSR count). The summed E-state index contributed by atoms with van der Waals surface area (Å²) in [5.74, 6) is 0. The molecule has 0 aliphatic carbocycles. The van der Waals surface area contributed by atoms with E-state index >= 15 is 0 Å². The fraction of sp³-hybridized carbons (Fsp3) is 0. The van der Waals surface area contributed by atoms with E-state index in [1.165, 1.54) is 0 Å². The molecule has 0 bridgehead atoms. The third-order valence-electron chi connectivity index (χ3n) is 0. The van der Waals surface area contributed by atoms with E-state index in [0.717, 1.165) is 0 Å². The molecule has 0 aromatic carbocycles. The first kappa shape index (κ1) is 10.3. The summed E-state index contributed by atoms with van der Waals surface area (Å²) in [6.07, 6.45) is 0. The van der Waals surface area contributed by atoms with Gasteiger partial charge in [0.1, 0.15) is 0 Å². The van der Waals surface area contributed by atoms with Gasteiger partial charge in [0, 0.05) is 6.15 Å². The van der Waals surface area contributed by atoms with E-state index in [-0.39, 0.29) is 6.15 Å². The van der Waals surface area contributed by atoms with Crippen LogP contribution in [0.3, 0.4) is 0 Å². The fourth-order valence-corrected chi connectivity index (χ4v) is 0. The van der Waals surface area contributed by atoms with Gasteiger partial charge in [0.25, 0.3) is 0 Å². The van der Waals surface area contributed by atoms with Crippen LogP contribution in [0.15, 0.2) is 0 Å². The van der Waals surface area contributed by atoms with E-state index in [0.29, 0.717) is 0 Å². The summed E-state index contributed by atoms with van der Waals surface area (Å²) < 4.78 is 1.75. The predicted octanol–water partition coefficient (Wildman–Crippen LogP) is -1.12. The summed E-state index contributed by atoms with van der Waals surface area (Å²) in [4.78, 5) is 7.88. The van der Waals surface area contributed by atoms with Gasteiger partial charge >= 0.3 is 0 Å². The van der Waals surface area contributed by atoms with Crippen LogP contribution in [0.2, 0.25) is 0 Å². The smallest absolute Gasteiger partial charge is 0.0772 e. The van der Waals surface area contributed by atoms with Crippen LogP contribution < -0.4 is 5.26 Å². The van der Waals surface area contributed by atoms with Gasteiger partial charge in [-0.2, -0.15) is 0 Å². The van der Waals surface area contributed by atoms with Gasteiger partial charge < -0.3 is 0 Å². The van der Waals surface area contributed by atoms with Gasteiger partial charge in [0.15, 0.2) is 4.75 Å². The van der Waals surface area contributed by atoms with Gasteiger partial charge in [-0.15, -0.1) is 0 Å². The van der Waals surface area contributed by atoms with Crippen molar-refractivity contribution >= 4 is 0 Å². The van der Waals surface area contributed by atoms with Crippen molar-refractivity contribution in [2.24, 2.45) is 0 Å². The Kier molecular flexibility index (Phi) is 107. The van der Waals surface area contributed by atoms with Gasteiger partial charge in [-0.1, -0.05) is 10.2 Å². The molecule has 0 aliphatic heterocycles. The van der Waals surface area contributed by atoms with Gasteiger partial charge in [0.05, 0.1) is 0 Å². The molecule has 0 unspecified atom stereocenters. The summed E-state index contributed by atoms with van der Waals surface area (Å²) >= 11 is 0. The minimum atomic E-state index is 0. The van der Waals surface area contributed by atoms with E-state index in [4.69, 9.17) is 10.2 Å². The van der Waals surface area contributed by atoms with Crippen LogP contribution in [0.5, 0.6) is 0 Å². The van der Waals surface area contributed by atoms with Crippen LogP contribution in [0.1, 0.15) is 0 Å². The molecule has 0 heterocycles. The molecule has 4 heteroatoms. The van der Waals surface area contributed by atoms with Crippen molar-refractivity contribution in [3.8, 4) is 0 Å². The average molecular weight is 52.0 g/mol. The number of rotatable bonds is 0. The Morgan fingerprint density at radius 3 is 1.75 bits per heavy atom. The average Bonchev–Trinajstić information content (AvgIpc) is 0.918. The van der Waals surface area contributed by atoms with Gasteiger partial charge in [0.2, 0.25) is 0 Å². The van der Waals surface area contributed by atoms with Crippen LogP contribution in [0.4, 0.5) is 0 Å². The maximum absolute atomic E-state index is 7.88. The molecule has 3 nitrogen and oxygen atoms in total. The standard InChI is InChI=1S/He.O3/c;1-3-2. The third-order valence-corrected chi connectivity index (χ3v) is 0. The molecule has 0 N–H and O–H groups in total. The first-order chi connectivity index (χ1) is 1.41. The molecule has 0 fully saturated rings. The zero-order chi connectivity index (χ0) is 2.71. The van der Waals surface area contributed by atoms with Crippen molar-refractivity contribution in [3.63, 3.8) is 0 Å². The normalized spacial score (nSPS) is 3.00. The minimum Gasteiger partial charge on any atom is -0.0772 e. The van der Waals surface area contributed by atoms with Gasteiger partial charge in [-0.25, -0.2) is 0 Å². The van der Waals surface area contributed by atoms with Gasteiger partial charge in [-0.05, 0) is 0 Å². The quantitative estimate of drug-likeness (QED) is 0.199. The van der Waals surface area contributed by atoms with Crippen LogP contribution in [0.25, 0.3) is 0 Å². The first-order valence-electron chi connectivity index (χ1n) is 0.333. The molecule has 0 atom stereocenters. The van der Waals surface area contributed by atoms with Crippen molar-refractivity contribution in [3.05, 3.63) is 9.71 Å². The Balaban J connectivity index is 0. The molecule has 0 saturated carbocycles. The van der Waals surface area contributed by atoms with Crippen LogP contribution >= 0.6 is 0 Å².